The Morgan fingerprint density at radius 3 is 1.33 bits per heavy atom. The lowest BCUT2D eigenvalue weighted by atomic mass is 10.1. The highest BCUT2D eigenvalue weighted by Gasteiger charge is 2.13. The molecule has 4 aromatic heterocycles. The molecular weight excluding hydrogens is 625 g/mol. The number of benzene rings is 2. The van der Waals surface area contributed by atoms with E-state index in [-0.39, 0.29) is 0 Å². The van der Waals surface area contributed by atoms with E-state index in [2.05, 4.69) is 107 Å². The lowest BCUT2D eigenvalue weighted by Gasteiger charge is -2.09. The van der Waals surface area contributed by atoms with Crippen molar-refractivity contribution in [2.45, 2.75) is 136 Å². The van der Waals surface area contributed by atoms with Gasteiger partial charge in [-0.1, -0.05) is 121 Å². The molecule has 0 spiro atoms. The molecule has 2 N–H and O–H groups in total. The van der Waals surface area contributed by atoms with Crippen LogP contribution in [0.4, 0.5) is 0 Å². The number of nitrogens with one attached hydrogen (secondary N) is 2. The standard InChI is InChI=1S/C45H62N6/c1-3-5-7-9-11-20-28-50-42-24-16-14-22-38(42)40-30-36(48-34-44(40)50)32-46-26-18-13-19-27-47-33-37-31-41-39-23-15-17-25-43(39)51(45(41)35-49-37)29-21-12-10-8-6-4-2/h14-17,22-25,30-31,34-35,46-47H,3-13,18-21,26-29,32-33H2,1-2H3. The second-order valence-electron chi connectivity index (χ2n) is 14.7. The van der Waals surface area contributed by atoms with Crippen LogP contribution in [0.25, 0.3) is 43.6 Å². The monoisotopic (exact) mass is 687 g/mol. The number of fused-ring (bicyclic) bond motifs is 6. The van der Waals surface area contributed by atoms with E-state index in [9.17, 15) is 0 Å². The molecule has 6 nitrogen and oxygen atoms in total. The van der Waals surface area contributed by atoms with Crippen LogP contribution >= 0.6 is 0 Å². The van der Waals surface area contributed by atoms with E-state index in [1.165, 1.54) is 140 Å². The molecule has 0 amide bonds. The third kappa shape index (κ3) is 9.78. The molecule has 0 aliphatic heterocycles. The van der Waals surface area contributed by atoms with Crippen LogP contribution in [0.3, 0.4) is 0 Å². The number of para-hydroxylation sites is 2. The predicted octanol–water partition coefficient (Wildman–Crippen LogP) is 11.5. The number of hydrogen-bond acceptors (Lipinski definition) is 4. The number of aromatic nitrogens is 4. The van der Waals surface area contributed by atoms with Gasteiger partial charge >= 0.3 is 0 Å². The molecule has 6 heteroatoms. The number of unbranched alkanes of at least 4 members (excludes halogenated alkanes) is 12. The molecule has 0 aliphatic rings. The smallest absolute Gasteiger partial charge is 0.0678 e. The number of rotatable bonds is 24. The second-order valence-corrected chi connectivity index (χ2v) is 14.7. The fourth-order valence-corrected chi connectivity index (χ4v) is 7.86. The maximum absolute atomic E-state index is 4.88. The Hall–Kier alpha value is -3.74. The van der Waals surface area contributed by atoms with Crippen molar-refractivity contribution >= 4 is 43.6 Å². The van der Waals surface area contributed by atoms with Gasteiger partial charge in [-0.3, -0.25) is 9.97 Å². The predicted molar refractivity (Wildman–Crippen MR) is 218 cm³/mol. The molecule has 0 saturated carbocycles. The van der Waals surface area contributed by atoms with Crippen molar-refractivity contribution in [3.05, 3.63) is 84.4 Å². The Labute approximate surface area is 306 Å². The van der Waals surface area contributed by atoms with Gasteiger partial charge in [0.05, 0.1) is 34.8 Å². The number of pyridine rings is 2. The minimum Gasteiger partial charge on any atom is -0.339 e. The van der Waals surface area contributed by atoms with Crippen LogP contribution in [0, 0.1) is 0 Å². The normalized spacial score (nSPS) is 12.0. The van der Waals surface area contributed by atoms with E-state index < -0.39 is 0 Å². The third-order valence-electron chi connectivity index (χ3n) is 10.7. The van der Waals surface area contributed by atoms with Crippen molar-refractivity contribution in [1.29, 1.82) is 0 Å². The Balaban J connectivity index is 0.917. The van der Waals surface area contributed by atoms with Gasteiger partial charge < -0.3 is 19.8 Å². The highest BCUT2D eigenvalue weighted by atomic mass is 15.0. The average Bonchev–Trinajstić information content (AvgIpc) is 3.65. The topological polar surface area (TPSA) is 59.7 Å². The fourth-order valence-electron chi connectivity index (χ4n) is 7.86. The third-order valence-corrected chi connectivity index (χ3v) is 10.7. The van der Waals surface area contributed by atoms with Crippen LogP contribution < -0.4 is 10.6 Å². The molecule has 0 fully saturated rings. The first kappa shape index (κ1) is 37.0. The quantitative estimate of drug-likeness (QED) is 0.0622. The van der Waals surface area contributed by atoms with Crippen LogP contribution in [0.2, 0.25) is 0 Å². The van der Waals surface area contributed by atoms with Crippen LogP contribution in [-0.4, -0.2) is 32.2 Å². The minimum absolute atomic E-state index is 0.814. The van der Waals surface area contributed by atoms with Gasteiger partial charge in [0.15, 0.2) is 0 Å². The zero-order valence-electron chi connectivity index (χ0n) is 31.6. The summed E-state index contributed by atoms with van der Waals surface area (Å²) in [6.45, 7) is 10.4. The molecule has 2 aromatic carbocycles. The first-order valence-corrected chi connectivity index (χ1v) is 20.4. The maximum Gasteiger partial charge on any atom is 0.0678 e. The highest BCUT2D eigenvalue weighted by molar-refractivity contribution is 6.08. The van der Waals surface area contributed by atoms with Gasteiger partial charge in [0.25, 0.3) is 0 Å². The molecule has 6 aromatic rings. The van der Waals surface area contributed by atoms with E-state index in [1.807, 2.05) is 0 Å². The van der Waals surface area contributed by atoms with Crippen molar-refractivity contribution in [2.24, 2.45) is 0 Å². The summed E-state index contributed by atoms with van der Waals surface area (Å²) in [7, 11) is 0. The van der Waals surface area contributed by atoms with Gasteiger partial charge in [0.2, 0.25) is 0 Å². The Morgan fingerprint density at radius 2 is 0.863 bits per heavy atom. The van der Waals surface area contributed by atoms with Crippen molar-refractivity contribution in [3.8, 4) is 0 Å². The number of nitrogens with zero attached hydrogens (tertiary/aromatic N) is 4. The van der Waals surface area contributed by atoms with E-state index in [4.69, 9.17) is 9.97 Å². The Kier molecular flexibility index (Phi) is 14.3. The fraction of sp³-hybridized carbons (Fsp3) is 0.511. The largest absolute Gasteiger partial charge is 0.339 e. The zero-order chi connectivity index (χ0) is 35.1. The van der Waals surface area contributed by atoms with Crippen molar-refractivity contribution in [1.82, 2.24) is 29.7 Å². The maximum atomic E-state index is 4.88. The molecule has 51 heavy (non-hydrogen) atoms. The number of hydrogen-bond donors (Lipinski definition) is 2. The molecule has 0 aliphatic carbocycles. The van der Waals surface area contributed by atoms with Gasteiger partial charge in [-0.25, -0.2) is 0 Å². The van der Waals surface area contributed by atoms with Gasteiger partial charge in [0, 0.05) is 58.8 Å². The summed E-state index contributed by atoms with van der Waals surface area (Å²) < 4.78 is 4.99. The molecule has 0 atom stereocenters. The molecule has 0 unspecified atom stereocenters. The van der Waals surface area contributed by atoms with Crippen LogP contribution in [0.5, 0.6) is 0 Å². The van der Waals surface area contributed by atoms with Gasteiger partial charge in [-0.15, -0.1) is 0 Å². The van der Waals surface area contributed by atoms with Crippen molar-refractivity contribution in [3.63, 3.8) is 0 Å². The summed E-state index contributed by atoms with van der Waals surface area (Å²) in [4.78, 5) is 9.76. The molecule has 0 radical (unpaired) electrons. The van der Waals surface area contributed by atoms with E-state index in [1.54, 1.807) is 0 Å². The molecule has 4 heterocycles. The summed E-state index contributed by atoms with van der Waals surface area (Å²) >= 11 is 0. The zero-order valence-corrected chi connectivity index (χ0v) is 31.6. The molecule has 0 bridgehead atoms. The van der Waals surface area contributed by atoms with Crippen molar-refractivity contribution < 1.29 is 0 Å². The molecule has 6 rings (SSSR count). The van der Waals surface area contributed by atoms with Crippen molar-refractivity contribution in [2.75, 3.05) is 13.1 Å². The first-order chi connectivity index (χ1) is 25.3. The Morgan fingerprint density at radius 1 is 0.451 bits per heavy atom. The van der Waals surface area contributed by atoms with Gasteiger partial charge in [-0.05, 0) is 63.0 Å². The minimum atomic E-state index is 0.814. The van der Waals surface area contributed by atoms with Crippen LogP contribution in [0.15, 0.2) is 73.1 Å². The highest BCUT2D eigenvalue weighted by Crippen LogP contribution is 2.31. The molecular formula is C45H62N6. The first-order valence-electron chi connectivity index (χ1n) is 20.4. The summed E-state index contributed by atoms with van der Waals surface area (Å²) in [6, 6.07) is 22.4. The summed E-state index contributed by atoms with van der Waals surface area (Å²) in [5, 5.41) is 12.7. The lowest BCUT2D eigenvalue weighted by Crippen LogP contribution is -2.17. The van der Waals surface area contributed by atoms with E-state index in [0.29, 0.717) is 0 Å². The van der Waals surface area contributed by atoms with Crippen LogP contribution in [0.1, 0.15) is 122 Å². The summed E-state index contributed by atoms with van der Waals surface area (Å²) in [5.74, 6) is 0. The van der Waals surface area contributed by atoms with Gasteiger partial charge in [-0.2, -0.15) is 0 Å². The van der Waals surface area contributed by atoms with E-state index in [0.717, 1.165) is 50.7 Å². The lowest BCUT2D eigenvalue weighted by molar-refractivity contribution is 0.566. The average molecular weight is 687 g/mol. The molecule has 0 saturated heterocycles. The second kappa shape index (κ2) is 19.8. The summed E-state index contributed by atoms with van der Waals surface area (Å²) in [5.41, 5.74) is 7.47. The molecule has 272 valence electrons. The van der Waals surface area contributed by atoms with E-state index >= 15 is 0 Å². The van der Waals surface area contributed by atoms with Crippen LogP contribution in [-0.2, 0) is 26.2 Å². The SMILES string of the molecule is CCCCCCCCn1c2ccccc2c2cc(CNCCCCCNCc3cc4c5ccccc5n(CCCCCCCC)c4cn3)ncc21. The Bertz CT molecular complexity index is 1790. The summed E-state index contributed by atoms with van der Waals surface area (Å²) in [6.07, 6.45) is 23.6. The number of aryl methyl sites for hydroxylation is 2. The van der Waals surface area contributed by atoms with Gasteiger partial charge in [0.1, 0.15) is 0 Å².